The second-order valence-electron chi connectivity index (χ2n) is 6.11. The molecule has 3 nitrogen and oxygen atoms in total. The van der Waals surface area contributed by atoms with Crippen molar-refractivity contribution < 1.29 is 0 Å². The van der Waals surface area contributed by atoms with E-state index < -0.39 is 0 Å². The molecular weight excluding hydrogens is 210 g/mol. The molecule has 1 aliphatic carbocycles. The molecule has 0 aromatic carbocycles. The van der Waals surface area contributed by atoms with Crippen molar-refractivity contribution in [2.45, 2.75) is 63.7 Å². The van der Waals surface area contributed by atoms with Gasteiger partial charge in [-0.3, -0.25) is 9.80 Å². The fourth-order valence-electron chi connectivity index (χ4n) is 3.47. The molecular formula is C14H29N3. The predicted molar refractivity (Wildman–Crippen MR) is 73.4 cm³/mol. The van der Waals surface area contributed by atoms with E-state index in [4.69, 9.17) is 0 Å². The van der Waals surface area contributed by atoms with Crippen molar-refractivity contribution in [2.75, 3.05) is 27.2 Å². The van der Waals surface area contributed by atoms with Gasteiger partial charge >= 0.3 is 0 Å². The Labute approximate surface area is 107 Å². The minimum atomic E-state index is 0.709. The molecule has 17 heavy (non-hydrogen) atoms. The summed E-state index contributed by atoms with van der Waals surface area (Å²) in [5, 5.41) is 3.43. The molecule has 1 saturated heterocycles. The smallest absolute Gasteiger partial charge is 0.0195 e. The Balaban J connectivity index is 1.87. The Morgan fingerprint density at radius 2 is 1.47 bits per heavy atom. The molecule has 0 amide bonds. The fraction of sp³-hybridized carbons (Fsp3) is 1.00. The predicted octanol–water partition coefficient (Wildman–Crippen LogP) is 1.54. The van der Waals surface area contributed by atoms with E-state index in [1.165, 1.54) is 38.8 Å². The van der Waals surface area contributed by atoms with Gasteiger partial charge in [0.25, 0.3) is 0 Å². The summed E-state index contributed by atoms with van der Waals surface area (Å²) >= 11 is 0. The van der Waals surface area contributed by atoms with Crippen LogP contribution < -0.4 is 5.32 Å². The van der Waals surface area contributed by atoms with E-state index in [-0.39, 0.29) is 0 Å². The van der Waals surface area contributed by atoms with E-state index in [1.807, 2.05) is 0 Å². The van der Waals surface area contributed by atoms with E-state index in [2.05, 4.69) is 43.1 Å². The van der Waals surface area contributed by atoms with Crippen LogP contribution in [-0.2, 0) is 0 Å². The maximum atomic E-state index is 3.43. The van der Waals surface area contributed by atoms with Crippen LogP contribution in [0, 0.1) is 0 Å². The van der Waals surface area contributed by atoms with E-state index in [1.54, 1.807) is 0 Å². The average molecular weight is 239 g/mol. The zero-order valence-electron chi connectivity index (χ0n) is 11.9. The van der Waals surface area contributed by atoms with Crippen LogP contribution in [0.3, 0.4) is 0 Å². The van der Waals surface area contributed by atoms with Gasteiger partial charge in [0.05, 0.1) is 0 Å². The number of hydrogen-bond donors (Lipinski definition) is 1. The summed E-state index contributed by atoms with van der Waals surface area (Å²) in [5.74, 6) is 0. The molecule has 1 N–H and O–H groups in total. The number of likely N-dealkylation sites (N-methyl/N-ethyl adjacent to an activating group) is 1. The normalized spacial score (nSPS) is 41.6. The molecule has 0 radical (unpaired) electrons. The number of hydrogen-bond acceptors (Lipinski definition) is 3. The lowest BCUT2D eigenvalue weighted by Gasteiger charge is -2.47. The first-order valence-corrected chi connectivity index (χ1v) is 7.25. The van der Waals surface area contributed by atoms with Crippen LogP contribution in [-0.4, -0.2) is 61.2 Å². The monoisotopic (exact) mass is 239 g/mol. The van der Waals surface area contributed by atoms with Crippen LogP contribution in [0.2, 0.25) is 0 Å². The summed E-state index contributed by atoms with van der Waals surface area (Å²) in [4.78, 5) is 5.27. The first-order chi connectivity index (χ1) is 8.11. The highest BCUT2D eigenvalue weighted by atomic mass is 15.3. The molecule has 1 saturated carbocycles. The third-order valence-corrected chi connectivity index (χ3v) is 5.01. The standard InChI is InChI=1S/C14H29N3/c1-11-9-17(10-12(2)16(11)4)14-7-5-13(15-3)6-8-14/h11-15H,5-10H2,1-4H3. The minimum absolute atomic E-state index is 0.709. The Kier molecular flexibility index (Phi) is 4.45. The van der Waals surface area contributed by atoms with Gasteiger partial charge in [-0.25, -0.2) is 0 Å². The summed E-state index contributed by atoms with van der Waals surface area (Å²) in [6.07, 6.45) is 5.48. The fourth-order valence-corrected chi connectivity index (χ4v) is 3.47. The van der Waals surface area contributed by atoms with Crippen molar-refractivity contribution in [3.8, 4) is 0 Å². The second kappa shape index (κ2) is 5.68. The van der Waals surface area contributed by atoms with E-state index in [0.29, 0.717) is 12.1 Å². The van der Waals surface area contributed by atoms with Crippen LogP contribution in [0.15, 0.2) is 0 Å². The third kappa shape index (κ3) is 3.01. The van der Waals surface area contributed by atoms with E-state index >= 15 is 0 Å². The third-order valence-electron chi connectivity index (χ3n) is 5.01. The molecule has 0 spiro atoms. The largest absolute Gasteiger partial charge is 0.317 e. The lowest BCUT2D eigenvalue weighted by molar-refractivity contribution is 0.0209. The highest BCUT2D eigenvalue weighted by Gasteiger charge is 2.32. The van der Waals surface area contributed by atoms with Crippen LogP contribution in [0.1, 0.15) is 39.5 Å². The first kappa shape index (κ1) is 13.3. The van der Waals surface area contributed by atoms with Gasteiger partial charge in [-0.05, 0) is 53.6 Å². The maximum Gasteiger partial charge on any atom is 0.0195 e. The van der Waals surface area contributed by atoms with Crippen LogP contribution in [0.4, 0.5) is 0 Å². The molecule has 3 heteroatoms. The minimum Gasteiger partial charge on any atom is -0.317 e. The molecule has 2 unspecified atom stereocenters. The van der Waals surface area contributed by atoms with E-state index in [9.17, 15) is 0 Å². The molecule has 2 rings (SSSR count). The SMILES string of the molecule is CNC1CCC(N2CC(C)N(C)C(C)C2)CC1. The van der Waals surface area contributed by atoms with Crippen LogP contribution in [0.25, 0.3) is 0 Å². The molecule has 2 fully saturated rings. The number of piperazine rings is 1. The van der Waals surface area contributed by atoms with Gasteiger partial charge in [-0.15, -0.1) is 0 Å². The van der Waals surface area contributed by atoms with Crippen LogP contribution >= 0.6 is 0 Å². The summed E-state index contributed by atoms with van der Waals surface area (Å²) in [5.41, 5.74) is 0. The van der Waals surface area contributed by atoms with Crippen molar-refractivity contribution in [3.63, 3.8) is 0 Å². The summed E-state index contributed by atoms with van der Waals surface area (Å²) < 4.78 is 0. The summed E-state index contributed by atoms with van der Waals surface area (Å²) in [7, 11) is 4.37. The van der Waals surface area contributed by atoms with Gasteiger partial charge in [0, 0.05) is 37.3 Å². The Morgan fingerprint density at radius 3 is 1.94 bits per heavy atom. The van der Waals surface area contributed by atoms with Gasteiger partial charge in [0.1, 0.15) is 0 Å². The lowest BCUT2D eigenvalue weighted by atomic mass is 9.89. The highest BCUT2D eigenvalue weighted by molar-refractivity contribution is 4.89. The van der Waals surface area contributed by atoms with Crippen molar-refractivity contribution >= 4 is 0 Å². The van der Waals surface area contributed by atoms with Crippen molar-refractivity contribution in [3.05, 3.63) is 0 Å². The van der Waals surface area contributed by atoms with Gasteiger partial charge < -0.3 is 5.32 Å². The summed E-state index contributed by atoms with van der Waals surface area (Å²) in [6.45, 7) is 7.25. The Bertz CT molecular complexity index is 224. The number of nitrogens with zero attached hydrogens (tertiary/aromatic N) is 2. The van der Waals surface area contributed by atoms with E-state index in [0.717, 1.165) is 12.1 Å². The molecule has 1 aliphatic heterocycles. The molecule has 2 atom stereocenters. The van der Waals surface area contributed by atoms with Gasteiger partial charge in [-0.1, -0.05) is 0 Å². The van der Waals surface area contributed by atoms with Crippen molar-refractivity contribution in [1.82, 2.24) is 15.1 Å². The Morgan fingerprint density at radius 1 is 0.941 bits per heavy atom. The quantitative estimate of drug-likeness (QED) is 0.788. The van der Waals surface area contributed by atoms with Crippen molar-refractivity contribution in [1.29, 1.82) is 0 Å². The first-order valence-electron chi connectivity index (χ1n) is 7.25. The van der Waals surface area contributed by atoms with Gasteiger partial charge in [-0.2, -0.15) is 0 Å². The maximum absolute atomic E-state index is 3.43. The molecule has 0 aromatic heterocycles. The summed E-state index contributed by atoms with van der Waals surface area (Å²) in [6, 6.07) is 3.04. The zero-order chi connectivity index (χ0) is 12.4. The van der Waals surface area contributed by atoms with Crippen molar-refractivity contribution in [2.24, 2.45) is 0 Å². The highest BCUT2D eigenvalue weighted by Crippen LogP contribution is 2.26. The molecule has 100 valence electrons. The van der Waals surface area contributed by atoms with Gasteiger partial charge in [0.15, 0.2) is 0 Å². The lowest BCUT2D eigenvalue weighted by Crippen LogP contribution is -2.58. The zero-order valence-corrected chi connectivity index (χ0v) is 11.9. The topological polar surface area (TPSA) is 18.5 Å². The average Bonchev–Trinajstić information content (AvgIpc) is 2.35. The molecule has 0 bridgehead atoms. The van der Waals surface area contributed by atoms with Crippen LogP contribution in [0.5, 0.6) is 0 Å². The molecule has 1 heterocycles. The second-order valence-corrected chi connectivity index (χ2v) is 6.11. The number of nitrogens with one attached hydrogen (secondary N) is 1. The van der Waals surface area contributed by atoms with Gasteiger partial charge in [0.2, 0.25) is 0 Å². The molecule has 0 aromatic rings. The number of rotatable bonds is 2. The Hall–Kier alpha value is -0.120. The molecule has 2 aliphatic rings.